The lowest BCUT2D eigenvalue weighted by molar-refractivity contribution is -0.109. The Morgan fingerprint density at radius 1 is 1.05 bits per heavy atom. The molecule has 0 aliphatic rings. The Labute approximate surface area is 118 Å². The molecule has 0 atom stereocenters. The van der Waals surface area contributed by atoms with Crippen LogP contribution < -0.4 is 5.43 Å². The molecule has 0 aliphatic carbocycles. The Morgan fingerprint density at radius 2 is 1.79 bits per heavy atom. The van der Waals surface area contributed by atoms with Gasteiger partial charge in [-0.25, -0.2) is 0 Å². The van der Waals surface area contributed by atoms with Crippen LogP contribution in [0.2, 0.25) is 0 Å². The Hall–Kier alpha value is -1.65. The Morgan fingerprint density at radius 3 is 2.58 bits per heavy atom. The van der Waals surface area contributed by atoms with Crippen molar-refractivity contribution in [3.63, 3.8) is 0 Å². The summed E-state index contributed by atoms with van der Waals surface area (Å²) in [5, 5.41) is 1.37. The fourth-order valence-corrected chi connectivity index (χ4v) is 3.99. The number of hydrogen-bond donors (Lipinski definition) is 0. The Kier molecular flexibility index (Phi) is 3.12. The highest BCUT2D eigenvalue weighted by Crippen LogP contribution is 2.31. The van der Waals surface area contributed by atoms with Gasteiger partial charge in [-0.15, -0.1) is 11.3 Å². The summed E-state index contributed by atoms with van der Waals surface area (Å²) in [7, 11) is 0. The van der Waals surface area contributed by atoms with Gasteiger partial charge in [0.15, 0.2) is 10.5 Å². The van der Waals surface area contributed by atoms with E-state index in [1.165, 1.54) is 6.92 Å². The minimum atomic E-state index is -0.00920. The van der Waals surface area contributed by atoms with Crippen LogP contribution in [0.4, 0.5) is 0 Å². The number of benzene rings is 2. The van der Waals surface area contributed by atoms with E-state index >= 15 is 0 Å². The number of rotatable bonds is 1. The lowest BCUT2D eigenvalue weighted by Crippen LogP contribution is -2.02. The molecule has 0 fully saturated rings. The van der Waals surface area contributed by atoms with E-state index in [-0.39, 0.29) is 10.5 Å². The van der Waals surface area contributed by atoms with Crippen LogP contribution >= 0.6 is 23.1 Å². The van der Waals surface area contributed by atoms with Gasteiger partial charge in [0.05, 0.1) is 5.39 Å². The van der Waals surface area contributed by atoms with Crippen molar-refractivity contribution < 1.29 is 4.79 Å². The second-order valence-electron chi connectivity index (χ2n) is 4.15. The van der Waals surface area contributed by atoms with Gasteiger partial charge < -0.3 is 0 Å². The van der Waals surface area contributed by atoms with Crippen molar-refractivity contribution in [2.24, 2.45) is 0 Å². The van der Waals surface area contributed by atoms with Crippen LogP contribution in [0, 0.1) is 0 Å². The molecule has 2 aromatic carbocycles. The molecular formula is C15H10O2S2. The summed E-state index contributed by atoms with van der Waals surface area (Å²) in [4.78, 5) is 24.6. The Balaban J connectivity index is 2.45. The van der Waals surface area contributed by atoms with Gasteiger partial charge in [-0.2, -0.15) is 0 Å². The van der Waals surface area contributed by atoms with Gasteiger partial charge in [-0.1, -0.05) is 30.0 Å². The van der Waals surface area contributed by atoms with E-state index < -0.39 is 0 Å². The van der Waals surface area contributed by atoms with Gasteiger partial charge in [-0.3, -0.25) is 9.59 Å². The first-order valence-electron chi connectivity index (χ1n) is 5.80. The predicted octanol–water partition coefficient (Wildman–Crippen LogP) is 4.05. The van der Waals surface area contributed by atoms with Gasteiger partial charge >= 0.3 is 0 Å². The molecule has 4 heteroatoms. The van der Waals surface area contributed by atoms with E-state index in [0.717, 1.165) is 31.4 Å². The maximum Gasteiger partial charge on any atom is 0.197 e. The lowest BCUT2D eigenvalue weighted by Gasteiger charge is -2.04. The lowest BCUT2D eigenvalue weighted by atomic mass is 10.2. The van der Waals surface area contributed by atoms with Crippen molar-refractivity contribution in [1.82, 2.24) is 0 Å². The van der Waals surface area contributed by atoms with Gasteiger partial charge in [-0.05, 0) is 24.3 Å². The number of hydrogen-bond acceptors (Lipinski definition) is 4. The molecule has 0 saturated carbocycles. The molecule has 19 heavy (non-hydrogen) atoms. The van der Waals surface area contributed by atoms with Gasteiger partial charge in [0, 0.05) is 26.6 Å². The van der Waals surface area contributed by atoms with E-state index in [2.05, 4.69) is 0 Å². The molecule has 1 aromatic heterocycles. The monoisotopic (exact) mass is 286 g/mol. The zero-order valence-corrected chi connectivity index (χ0v) is 11.8. The Bertz CT molecular complexity index is 850. The van der Waals surface area contributed by atoms with Crippen molar-refractivity contribution in [3.05, 3.63) is 52.7 Å². The first kappa shape index (κ1) is 12.4. The normalized spacial score (nSPS) is 11.0. The summed E-state index contributed by atoms with van der Waals surface area (Å²) in [5.41, 5.74) is 0.00806. The van der Waals surface area contributed by atoms with Crippen molar-refractivity contribution in [2.45, 2.75) is 11.8 Å². The second-order valence-corrected chi connectivity index (χ2v) is 6.45. The molecule has 94 valence electrons. The van der Waals surface area contributed by atoms with Crippen LogP contribution in [0.5, 0.6) is 0 Å². The quantitative estimate of drug-likeness (QED) is 0.500. The van der Waals surface area contributed by atoms with E-state index in [1.54, 1.807) is 11.3 Å². The highest BCUT2D eigenvalue weighted by molar-refractivity contribution is 8.13. The van der Waals surface area contributed by atoms with Crippen molar-refractivity contribution in [3.8, 4) is 0 Å². The van der Waals surface area contributed by atoms with E-state index in [0.29, 0.717) is 5.39 Å². The smallest absolute Gasteiger partial charge is 0.197 e. The van der Waals surface area contributed by atoms with Gasteiger partial charge in [0.2, 0.25) is 0 Å². The molecular weight excluding hydrogens is 276 g/mol. The third-order valence-corrected chi connectivity index (χ3v) is 4.80. The summed E-state index contributed by atoms with van der Waals surface area (Å²) in [5.74, 6) is 0. The average molecular weight is 286 g/mol. The molecule has 2 nitrogen and oxygen atoms in total. The summed E-state index contributed by atoms with van der Waals surface area (Å²) in [6.45, 7) is 1.51. The number of fused-ring (bicyclic) bond motifs is 2. The van der Waals surface area contributed by atoms with E-state index in [9.17, 15) is 9.59 Å². The second kappa shape index (κ2) is 4.79. The highest BCUT2D eigenvalue weighted by atomic mass is 32.2. The molecule has 1 heterocycles. The predicted molar refractivity (Wildman–Crippen MR) is 82.1 cm³/mol. The van der Waals surface area contributed by atoms with E-state index in [4.69, 9.17) is 0 Å². The molecule has 0 bridgehead atoms. The van der Waals surface area contributed by atoms with Gasteiger partial charge in [0.25, 0.3) is 0 Å². The molecule has 0 aliphatic heterocycles. The molecule has 0 saturated heterocycles. The molecule has 3 rings (SSSR count). The fraction of sp³-hybridized carbons (Fsp3) is 0.0667. The first-order chi connectivity index (χ1) is 9.16. The van der Waals surface area contributed by atoms with Gasteiger partial charge in [0.1, 0.15) is 0 Å². The zero-order valence-electron chi connectivity index (χ0n) is 10.2. The maximum absolute atomic E-state index is 12.6. The molecule has 0 spiro atoms. The number of carbonyl (C=O) groups is 1. The third-order valence-electron chi connectivity index (χ3n) is 2.82. The van der Waals surface area contributed by atoms with Crippen molar-refractivity contribution in [2.75, 3.05) is 0 Å². The summed E-state index contributed by atoms with van der Waals surface area (Å²) in [6, 6.07) is 13.2. The van der Waals surface area contributed by atoms with Crippen LogP contribution in [0.25, 0.3) is 20.2 Å². The largest absolute Gasteiger partial charge is 0.288 e. The SMILES string of the molecule is CC(=O)Sc1cccc2sc3ccccc3c(=O)c12. The van der Waals surface area contributed by atoms with Crippen LogP contribution in [0.15, 0.2) is 52.2 Å². The third kappa shape index (κ3) is 2.17. The van der Waals surface area contributed by atoms with Crippen LogP contribution in [0.1, 0.15) is 6.92 Å². The fourth-order valence-electron chi connectivity index (χ4n) is 2.06. The highest BCUT2D eigenvalue weighted by Gasteiger charge is 2.11. The van der Waals surface area contributed by atoms with Crippen LogP contribution in [0.3, 0.4) is 0 Å². The minimum Gasteiger partial charge on any atom is -0.288 e. The van der Waals surface area contributed by atoms with Crippen molar-refractivity contribution >= 4 is 48.4 Å². The number of carbonyl (C=O) groups excluding carboxylic acids is 1. The summed E-state index contributed by atoms with van der Waals surface area (Å²) < 4.78 is 1.90. The molecule has 0 N–H and O–H groups in total. The topological polar surface area (TPSA) is 34.1 Å². The summed E-state index contributed by atoms with van der Waals surface area (Å²) >= 11 is 2.70. The number of thioether (sulfide) groups is 1. The maximum atomic E-state index is 12.6. The first-order valence-corrected chi connectivity index (χ1v) is 7.43. The standard InChI is InChI=1S/C15H10O2S2/c1-9(16)18-12-7-4-8-13-14(12)15(17)10-5-2-3-6-11(10)19-13/h2-8H,1H3. The van der Waals surface area contributed by atoms with Crippen LogP contribution in [-0.4, -0.2) is 5.12 Å². The molecule has 3 aromatic rings. The van der Waals surface area contributed by atoms with Crippen LogP contribution in [-0.2, 0) is 4.79 Å². The molecule has 0 amide bonds. The molecule has 0 unspecified atom stereocenters. The van der Waals surface area contributed by atoms with Crippen molar-refractivity contribution in [1.29, 1.82) is 0 Å². The average Bonchev–Trinajstić information content (AvgIpc) is 2.38. The minimum absolute atomic E-state index is 0.00806. The summed E-state index contributed by atoms with van der Waals surface area (Å²) in [6.07, 6.45) is 0. The zero-order chi connectivity index (χ0) is 13.4. The van der Waals surface area contributed by atoms with E-state index in [1.807, 2.05) is 42.5 Å². The molecule has 0 radical (unpaired) electrons.